The van der Waals surface area contributed by atoms with Gasteiger partial charge in [-0.05, 0) is 25.7 Å². The van der Waals surface area contributed by atoms with Crippen molar-refractivity contribution >= 4 is 11.9 Å². The highest BCUT2D eigenvalue weighted by molar-refractivity contribution is 5.76. The number of unbranched alkanes of at least 4 members (excludes halogenated alkanes) is 47. The number of aliphatic hydroxyl groups excluding tert-OH is 2. The van der Waals surface area contributed by atoms with E-state index < -0.39 is 12.1 Å². The van der Waals surface area contributed by atoms with Crippen molar-refractivity contribution in [2.45, 2.75) is 366 Å². The number of ether oxygens (including phenoxy) is 1. The zero-order chi connectivity index (χ0) is 48.6. The first-order valence-electron chi connectivity index (χ1n) is 30.8. The third-order valence-corrected chi connectivity index (χ3v) is 14.7. The molecule has 0 heterocycles. The molecule has 0 spiro atoms. The van der Waals surface area contributed by atoms with Crippen LogP contribution in [-0.4, -0.2) is 47.4 Å². The first-order chi connectivity index (χ1) is 33.0. The molecular weight excluding hydrogens is 827 g/mol. The van der Waals surface area contributed by atoms with E-state index in [1.165, 1.54) is 283 Å². The van der Waals surface area contributed by atoms with Gasteiger partial charge in [-0.1, -0.05) is 316 Å². The fourth-order valence-corrected chi connectivity index (χ4v) is 9.94. The third kappa shape index (κ3) is 54.0. The van der Waals surface area contributed by atoms with Gasteiger partial charge in [-0.25, -0.2) is 0 Å². The van der Waals surface area contributed by atoms with Gasteiger partial charge in [0.25, 0.3) is 0 Å². The van der Waals surface area contributed by atoms with Gasteiger partial charge in [-0.15, -0.1) is 0 Å². The maximum Gasteiger partial charge on any atom is 0.305 e. The average molecular weight is 949 g/mol. The number of hydrogen-bond donors (Lipinski definition) is 3. The van der Waals surface area contributed by atoms with Crippen molar-refractivity contribution in [1.82, 2.24) is 5.32 Å². The Bertz CT molecular complexity index is 959. The molecule has 0 aliphatic rings. The summed E-state index contributed by atoms with van der Waals surface area (Å²) in [7, 11) is 0. The largest absolute Gasteiger partial charge is 0.466 e. The lowest BCUT2D eigenvalue weighted by Gasteiger charge is -2.22. The van der Waals surface area contributed by atoms with Crippen molar-refractivity contribution in [3.05, 3.63) is 0 Å². The lowest BCUT2D eigenvalue weighted by Crippen LogP contribution is -2.45. The molecule has 1 amide bonds. The van der Waals surface area contributed by atoms with Gasteiger partial charge in [0.05, 0.1) is 25.4 Å². The predicted molar refractivity (Wildman–Crippen MR) is 292 cm³/mol. The summed E-state index contributed by atoms with van der Waals surface area (Å²) in [5.74, 6) is -0.0114. The summed E-state index contributed by atoms with van der Waals surface area (Å²) < 4.78 is 5.48. The van der Waals surface area contributed by atoms with Gasteiger partial charge in [-0.2, -0.15) is 0 Å². The molecule has 0 saturated carbocycles. The highest BCUT2D eigenvalue weighted by atomic mass is 16.5. The Kier molecular flexibility index (Phi) is 56.5. The molecule has 2 atom stereocenters. The second-order valence-corrected chi connectivity index (χ2v) is 21.4. The highest BCUT2D eigenvalue weighted by Gasteiger charge is 2.20. The minimum absolute atomic E-state index is 0.0210. The summed E-state index contributed by atoms with van der Waals surface area (Å²) >= 11 is 0. The number of aliphatic hydroxyl groups is 2. The van der Waals surface area contributed by atoms with Gasteiger partial charge in [0, 0.05) is 12.8 Å². The van der Waals surface area contributed by atoms with Crippen LogP contribution in [0.15, 0.2) is 0 Å². The molecule has 0 bridgehead atoms. The molecule has 67 heavy (non-hydrogen) atoms. The highest BCUT2D eigenvalue weighted by Crippen LogP contribution is 2.18. The molecule has 0 aromatic carbocycles. The Morgan fingerprint density at radius 2 is 0.612 bits per heavy atom. The van der Waals surface area contributed by atoms with Crippen LogP contribution in [0, 0.1) is 0 Å². The summed E-state index contributed by atoms with van der Waals surface area (Å²) in [4.78, 5) is 24.4. The van der Waals surface area contributed by atoms with Crippen molar-refractivity contribution in [2.24, 2.45) is 0 Å². The standard InChI is InChI=1S/C61H121NO5/c1-3-5-7-9-11-13-14-31-35-39-43-47-51-55-61(66)67-56-52-48-44-40-36-33-30-28-26-24-22-20-18-16-15-17-19-21-23-25-27-29-32-34-38-42-46-50-54-60(65)62-58(57-63)59(64)53-49-45-41-37-12-10-8-6-4-2/h58-59,63-64H,3-57H2,1-2H3,(H,62,65). The van der Waals surface area contributed by atoms with Gasteiger partial charge in [-0.3, -0.25) is 9.59 Å². The summed E-state index contributed by atoms with van der Waals surface area (Å²) in [6.07, 6.45) is 67.0. The Balaban J connectivity index is 3.29. The molecule has 0 radical (unpaired) electrons. The number of hydrogen-bond acceptors (Lipinski definition) is 5. The topological polar surface area (TPSA) is 95.9 Å². The summed E-state index contributed by atoms with van der Waals surface area (Å²) in [6.45, 7) is 4.96. The normalized spacial score (nSPS) is 12.5. The molecule has 3 N–H and O–H groups in total. The van der Waals surface area contributed by atoms with E-state index in [0.29, 0.717) is 25.9 Å². The van der Waals surface area contributed by atoms with E-state index in [-0.39, 0.29) is 18.5 Å². The number of carbonyl (C=O) groups is 2. The van der Waals surface area contributed by atoms with E-state index in [4.69, 9.17) is 4.74 Å². The quantitative estimate of drug-likeness (QED) is 0.0417. The zero-order valence-corrected chi connectivity index (χ0v) is 45.7. The second-order valence-electron chi connectivity index (χ2n) is 21.4. The van der Waals surface area contributed by atoms with Crippen molar-refractivity contribution in [2.75, 3.05) is 13.2 Å². The van der Waals surface area contributed by atoms with Crippen molar-refractivity contribution < 1.29 is 24.5 Å². The van der Waals surface area contributed by atoms with Gasteiger partial charge < -0.3 is 20.3 Å². The summed E-state index contributed by atoms with van der Waals surface area (Å²) in [5.41, 5.74) is 0. The number of esters is 1. The molecule has 6 heteroatoms. The van der Waals surface area contributed by atoms with E-state index >= 15 is 0 Å². The second kappa shape index (κ2) is 57.4. The first kappa shape index (κ1) is 65.9. The number of nitrogens with one attached hydrogen (secondary N) is 1. The van der Waals surface area contributed by atoms with E-state index in [2.05, 4.69) is 19.2 Å². The van der Waals surface area contributed by atoms with Crippen LogP contribution in [0.1, 0.15) is 354 Å². The van der Waals surface area contributed by atoms with Crippen molar-refractivity contribution in [3.8, 4) is 0 Å². The van der Waals surface area contributed by atoms with Gasteiger partial charge in [0.2, 0.25) is 5.91 Å². The minimum Gasteiger partial charge on any atom is -0.466 e. The number of rotatable bonds is 58. The Labute approximate surface area is 419 Å². The van der Waals surface area contributed by atoms with Crippen LogP contribution < -0.4 is 5.32 Å². The first-order valence-corrected chi connectivity index (χ1v) is 30.8. The molecule has 0 aliphatic carbocycles. The Morgan fingerprint density at radius 3 is 0.910 bits per heavy atom. The van der Waals surface area contributed by atoms with Gasteiger partial charge >= 0.3 is 5.97 Å². The summed E-state index contributed by atoms with van der Waals surface area (Å²) in [5, 5.41) is 23.1. The van der Waals surface area contributed by atoms with Crippen LogP contribution in [0.4, 0.5) is 0 Å². The molecule has 400 valence electrons. The molecule has 2 unspecified atom stereocenters. The fourth-order valence-electron chi connectivity index (χ4n) is 9.94. The molecule has 0 aromatic rings. The van der Waals surface area contributed by atoms with E-state index in [9.17, 15) is 19.8 Å². The molecule has 0 fully saturated rings. The Morgan fingerprint density at radius 1 is 0.358 bits per heavy atom. The van der Waals surface area contributed by atoms with Crippen LogP contribution in [0.3, 0.4) is 0 Å². The van der Waals surface area contributed by atoms with Crippen molar-refractivity contribution in [1.29, 1.82) is 0 Å². The molecule has 0 aromatic heterocycles. The maximum absolute atomic E-state index is 12.4. The predicted octanol–water partition coefficient (Wildman–Crippen LogP) is 19.1. The number of carbonyl (C=O) groups excluding carboxylic acids is 2. The Hall–Kier alpha value is -1.14. The monoisotopic (exact) mass is 948 g/mol. The number of amides is 1. The molecule has 0 rings (SSSR count). The third-order valence-electron chi connectivity index (χ3n) is 14.7. The van der Waals surface area contributed by atoms with Crippen LogP contribution in [0.5, 0.6) is 0 Å². The van der Waals surface area contributed by atoms with Gasteiger partial charge in [0.15, 0.2) is 0 Å². The lowest BCUT2D eigenvalue weighted by atomic mass is 10.0. The average Bonchev–Trinajstić information content (AvgIpc) is 3.33. The maximum atomic E-state index is 12.4. The van der Waals surface area contributed by atoms with E-state index in [0.717, 1.165) is 38.5 Å². The summed E-state index contributed by atoms with van der Waals surface area (Å²) in [6, 6.07) is -0.535. The molecule has 6 nitrogen and oxygen atoms in total. The van der Waals surface area contributed by atoms with Crippen LogP contribution in [0.2, 0.25) is 0 Å². The van der Waals surface area contributed by atoms with E-state index in [1.54, 1.807) is 0 Å². The molecule has 0 aliphatic heterocycles. The van der Waals surface area contributed by atoms with E-state index in [1.807, 2.05) is 0 Å². The SMILES string of the molecule is CCCCCCCCCCCCCCCC(=O)OCCCCCCCCCCCCCCCCCCCCCCCCCCCCCCC(=O)NC(CO)C(O)CCCCCCCCCCC. The van der Waals surface area contributed by atoms with Crippen LogP contribution in [-0.2, 0) is 14.3 Å². The fraction of sp³-hybridized carbons (Fsp3) is 0.967. The van der Waals surface area contributed by atoms with Crippen LogP contribution >= 0.6 is 0 Å². The minimum atomic E-state index is -0.658. The van der Waals surface area contributed by atoms with Crippen LogP contribution in [0.25, 0.3) is 0 Å². The zero-order valence-electron chi connectivity index (χ0n) is 45.7. The lowest BCUT2D eigenvalue weighted by molar-refractivity contribution is -0.143. The van der Waals surface area contributed by atoms with Crippen molar-refractivity contribution in [3.63, 3.8) is 0 Å². The molecule has 0 saturated heterocycles. The smallest absolute Gasteiger partial charge is 0.305 e. The van der Waals surface area contributed by atoms with Gasteiger partial charge in [0.1, 0.15) is 0 Å². The molecular formula is C61H121NO5.